The number of aliphatic hydroxyl groups excluding tert-OH is 1. The molecule has 1 N–H and O–H groups in total. The van der Waals surface area contributed by atoms with Crippen LogP contribution < -0.4 is 0 Å². The van der Waals surface area contributed by atoms with Gasteiger partial charge in [0.05, 0.1) is 19.8 Å². The predicted octanol–water partition coefficient (Wildman–Crippen LogP) is 4.84. The Hall–Kier alpha value is -1.49. The van der Waals surface area contributed by atoms with Crippen LogP contribution >= 0.6 is 7.60 Å². The van der Waals surface area contributed by atoms with E-state index in [1.807, 2.05) is 49.4 Å². The van der Waals surface area contributed by atoms with Crippen LogP contribution in [-0.4, -0.2) is 24.2 Å². The highest BCUT2D eigenvalue weighted by molar-refractivity contribution is 7.54. The van der Waals surface area contributed by atoms with E-state index in [1.165, 1.54) is 0 Å². The van der Waals surface area contributed by atoms with Crippen LogP contribution in [0.15, 0.2) is 54.6 Å². The van der Waals surface area contributed by atoms with Crippen LogP contribution in [0.25, 0.3) is 0 Å². The van der Waals surface area contributed by atoms with Gasteiger partial charge in [0, 0.05) is 0 Å². The van der Waals surface area contributed by atoms with Crippen molar-refractivity contribution in [3.63, 3.8) is 0 Å². The maximum atomic E-state index is 13.3. The minimum absolute atomic E-state index is 0.193. The third-order valence-electron chi connectivity index (χ3n) is 3.88. The van der Waals surface area contributed by atoms with E-state index in [2.05, 4.69) is 0 Å². The van der Waals surface area contributed by atoms with Crippen LogP contribution in [-0.2, 0) is 25.0 Å². The first kappa shape index (κ1) is 20.8. The van der Waals surface area contributed by atoms with Gasteiger partial charge in [-0.15, -0.1) is 0 Å². The van der Waals surface area contributed by atoms with E-state index in [9.17, 15) is 9.67 Å². The molecule has 0 amide bonds. The third-order valence-corrected chi connectivity index (χ3v) is 6.17. The number of aryl methyl sites for hydroxylation is 1. The van der Waals surface area contributed by atoms with Crippen LogP contribution in [0, 0.1) is 6.92 Å². The number of benzene rings is 2. The minimum atomic E-state index is -3.67. The molecule has 2 aromatic carbocycles. The van der Waals surface area contributed by atoms with Crippen LogP contribution in [0.1, 0.15) is 36.6 Å². The number of rotatable bonds is 10. The molecule has 142 valence electrons. The molecule has 0 bridgehead atoms. The lowest BCUT2D eigenvalue weighted by atomic mass is 10.1. The van der Waals surface area contributed by atoms with Gasteiger partial charge < -0.3 is 18.9 Å². The van der Waals surface area contributed by atoms with Gasteiger partial charge in [-0.3, -0.25) is 4.57 Å². The van der Waals surface area contributed by atoms with Crippen LogP contribution in [0.4, 0.5) is 0 Å². The molecule has 0 fully saturated rings. The predicted molar refractivity (Wildman–Crippen MR) is 102 cm³/mol. The van der Waals surface area contributed by atoms with Crippen molar-refractivity contribution in [2.45, 2.75) is 39.3 Å². The van der Waals surface area contributed by atoms with Gasteiger partial charge in [-0.25, -0.2) is 0 Å². The first-order chi connectivity index (χ1) is 12.5. The molecule has 2 atom stereocenters. The highest BCUT2D eigenvalue weighted by Gasteiger charge is 2.42. The molecule has 0 aliphatic rings. The van der Waals surface area contributed by atoms with Crippen molar-refractivity contribution in [3.8, 4) is 0 Å². The second-order valence-electron chi connectivity index (χ2n) is 5.92. The van der Waals surface area contributed by atoms with E-state index in [4.69, 9.17) is 13.8 Å². The summed E-state index contributed by atoms with van der Waals surface area (Å²) in [6.45, 7) is 6.02. The largest absolute Gasteiger partial charge is 0.385 e. The van der Waals surface area contributed by atoms with Crippen molar-refractivity contribution in [1.29, 1.82) is 0 Å². The highest BCUT2D eigenvalue weighted by atomic mass is 31.2. The average Bonchev–Trinajstić information content (AvgIpc) is 2.63. The fraction of sp³-hybridized carbons (Fsp3) is 0.400. The lowest BCUT2D eigenvalue weighted by molar-refractivity contribution is -0.0204. The molecule has 0 radical (unpaired) electrons. The fourth-order valence-corrected chi connectivity index (χ4v) is 4.45. The monoisotopic (exact) mass is 378 g/mol. The first-order valence-electron chi connectivity index (χ1n) is 8.79. The van der Waals surface area contributed by atoms with Crippen molar-refractivity contribution in [1.82, 2.24) is 0 Å². The molecular formula is C20H27O5P. The zero-order valence-electron chi connectivity index (χ0n) is 15.5. The molecule has 0 spiro atoms. The van der Waals surface area contributed by atoms with Gasteiger partial charge >= 0.3 is 7.60 Å². The molecule has 0 saturated heterocycles. The molecular weight excluding hydrogens is 351 g/mol. The summed E-state index contributed by atoms with van der Waals surface area (Å²) in [7, 11) is -3.67. The maximum Gasteiger partial charge on any atom is 0.362 e. The summed E-state index contributed by atoms with van der Waals surface area (Å²) in [5, 5.41) is 10.9. The van der Waals surface area contributed by atoms with Crippen LogP contribution in [0.5, 0.6) is 0 Å². The zero-order chi connectivity index (χ0) is 19.0. The van der Waals surface area contributed by atoms with Gasteiger partial charge in [0.2, 0.25) is 0 Å². The summed E-state index contributed by atoms with van der Waals surface area (Å²) in [5.41, 5.74) is 2.59. The normalized spacial score (nSPS) is 14.2. The summed E-state index contributed by atoms with van der Waals surface area (Å²) in [4.78, 5) is 0. The summed E-state index contributed by atoms with van der Waals surface area (Å²) < 4.78 is 30.0. The van der Waals surface area contributed by atoms with E-state index >= 15 is 0 Å². The first-order valence-corrected chi connectivity index (χ1v) is 10.4. The van der Waals surface area contributed by atoms with E-state index in [1.54, 1.807) is 26.0 Å². The quantitative estimate of drug-likeness (QED) is 0.600. The molecule has 0 heterocycles. The smallest absolute Gasteiger partial charge is 0.362 e. The van der Waals surface area contributed by atoms with Crippen molar-refractivity contribution in [2.24, 2.45) is 0 Å². The van der Waals surface area contributed by atoms with E-state index in [0.29, 0.717) is 5.56 Å². The number of aliphatic hydroxyl groups is 1. The minimum Gasteiger partial charge on any atom is -0.385 e. The molecule has 0 aromatic heterocycles. The lowest BCUT2D eigenvalue weighted by Crippen LogP contribution is -2.25. The standard InChI is InChI=1S/C20H27O5P/c1-4-24-26(22,25-5-2)20(23-15-17-9-7-6-8-10-17)19(21)18-13-11-16(3)12-14-18/h6-14,19-21H,4-5,15H2,1-3H3/t19-,20-/m0/s1. The van der Waals surface area contributed by atoms with E-state index in [0.717, 1.165) is 11.1 Å². The van der Waals surface area contributed by atoms with Crippen molar-refractivity contribution >= 4 is 7.60 Å². The molecule has 0 aliphatic heterocycles. The van der Waals surface area contributed by atoms with E-state index < -0.39 is 19.5 Å². The molecule has 6 heteroatoms. The SMILES string of the molecule is CCOP(=O)(OCC)[C@H](OCc1ccccc1)[C@@H](O)c1ccc(C)cc1. The van der Waals surface area contributed by atoms with Gasteiger partial charge in [0.25, 0.3) is 0 Å². The molecule has 0 unspecified atom stereocenters. The number of hydrogen-bond acceptors (Lipinski definition) is 5. The molecule has 26 heavy (non-hydrogen) atoms. The fourth-order valence-electron chi connectivity index (χ4n) is 2.58. The zero-order valence-corrected chi connectivity index (χ0v) is 16.4. The van der Waals surface area contributed by atoms with Crippen LogP contribution in [0.2, 0.25) is 0 Å². The second-order valence-corrected chi connectivity index (χ2v) is 8.02. The highest BCUT2D eigenvalue weighted by Crippen LogP contribution is 2.57. The Bertz CT molecular complexity index is 692. The second kappa shape index (κ2) is 10.0. The van der Waals surface area contributed by atoms with Gasteiger partial charge in [-0.05, 0) is 31.9 Å². The molecule has 0 saturated carbocycles. The lowest BCUT2D eigenvalue weighted by Gasteiger charge is -2.30. The van der Waals surface area contributed by atoms with Gasteiger partial charge in [0.15, 0.2) is 5.85 Å². The summed E-state index contributed by atoms with van der Waals surface area (Å²) in [5.74, 6) is -1.12. The van der Waals surface area contributed by atoms with Crippen molar-refractivity contribution in [3.05, 3.63) is 71.3 Å². The summed E-state index contributed by atoms with van der Waals surface area (Å²) >= 11 is 0. The van der Waals surface area contributed by atoms with Crippen molar-refractivity contribution in [2.75, 3.05) is 13.2 Å². The van der Waals surface area contributed by atoms with Crippen molar-refractivity contribution < 1.29 is 23.5 Å². The molecule has 0 aliphatic carbocycles. The Morgan fingerprint density at radius 3 is 2.08 bits per heavy atom. The number of hydrogen-bond donors (Lipinski definition) is 1. The summed E-state index contributed by atoms with van der Waals surface area (Å²) in [6.07, 6.45) is -1.14. The average molecular weight is 378 g/mol. The van der Waals surface area contributed by atoms with E-state index in [-0.39, 0.29) is 19.8 Å². The summed E-state index contributed by atoms with van der Waals surface area (Å²) in [6, 6.07) is 16.9. The maximum absolute atomic E-state index is 13.3. The van der Waals surface area contributed by atoms with Gasteiger partial charge in [-0.2, -0.15) is 0 Å². The Morgan fingerprint density at radius 1 is 0.962 bits per heavy atom. The topological polar surface area (TPSA) is 65.0 Å². The number of ether oxygens (including phenoxy) is 1. The molecule has 5 nitrogen and oxygen atoms in total. The van der Waals surface area contributed by atoms with Gasteiger partial charge in [0.1, 0.15) is 6.10 Å². The Kier molecular flexibility index (Phi) is 8.01. The third kappa shape index (κ3) is 5.50. The Morgan fingerprint density at radius 2 is 1.54 bits per heavy atom. The molecule has 2 aromatic rings. The Balaban J connectivity index is 2.29. The van der Waals surface area contributed by atoms with Crippen LogP contribution in [0.3, 0.4) is 0 Å². The van der Waals surface area contributed by atoms with Gasteiger partial charge in [-0.1, -0.05) is 60.2 Å². The molecule has 2 rings (SSSR count). The Labute approximate surface area is 155 Å².